The van der Waals surface area contributed by atoms with Crippen molar-refractivity contribution in [3.63, 3.8) is 0 Å². The van der Waals surface area contributed by atoms with E-state index in [1.165, 1.54) is 5.56 Å². The van der Waals surface area contributed by atoms with Crippen LogP contribution in [0.2, 0.25) is 0 Å². The third-order valence-electron chi connectivity index (χ3n) is 1.81. The summed E-state index contributed by atoms with van der Waals surface area (Å²) in [5, 5.41) is 2.04. The van der Waals surface area contributed by atoms with Gasteiger partial charge in [-0.1, -0.05) is 0 Å². The molecule has 1 radical (unpaired) electrons. The van der Waals surface area contributed by atoms with Gasteiger partial charge in [0.25, 0.3) is 0 Å². The van der Waals surface area contributed by atoms with Gasteiger partial charge in [0.15, 0.2) is 16.3 Å². The van der Waals surface area contributed by atoms with Gasteiger partial charge < -0.3 is 4.98 Å². The quantitative estimate of drug-likeness (QED) is 0.632. The smallest absolute Gasteiger partial charge is 0.169 e. The van der Waals surface area contributed by atoms with Gasteiger partial charge in [-0.3, -0.25) is 0 Å². The number of thiazole rings is 1. The summed E-state index contributed by atoms with van der Waals surface area (Å²) >= 11 is 6.57. The van der Waals surface area contributed by atoms with Crippen molar-refractivity contribution < 1.29 is 37.3 Å². The Hall–Kier alpha value is 0.104. The van der Waals surface area contributed by atoms with E-state index in [1.807, 2.05) is 29.4 Å². The van der Waals surface area contributed by atoms with Crippen LogP contribution in [0.15, 0.2) is 29.9 Å². The molecule has 2 aromatic heterocycles. The molecule has 0 atom stereocenters. The van der Waals surface area contributed by atoms with Crippen molar-refractivity contribution in [2.24, 2.45) is 7.05 Å². The van der Waals surface area contributed by atoms with Gasteiger partial charge in [0.1, 0.15) is 7.05 Å². The van der Waals surface area contributed by atoms with Crippen LogP contribution in [0.3, 0.4) is 0 Å². The average molecular weight is 298 g/mol. The van der Waals surface area contributed by atoms with Gasteiger partial charge in [0.05, 0.1) is 5.69 Å². The minimum atomic E-state index is 0. The largest absolute Gasteiger partial charge is 0.337 e. The monoisotopic (exact) mass is 298 g/mol. The first-order chi connectivity index (χ1) is 6.25. The maximum Gasteiger partial charge on any atom is 0.169 e. The van der Waals surface area contributed by atoms with Crippen molar-refractivity contribution in [1.29, 1.82) is 0 Å². The number of nitrogens with zero attached hydrogens (tertiary/aromatic N) is 1. The van der Waals surface area contributed by atoms with Gasteiger partial charge in [0, 0.05) is 55.8 Å². The Bertz CT molecular complexity index is 458. The Labute approximate surface area is 117 Å². The van der Waals surface area contributed by atoms with Gasteiger partial charge in [-0.15, -0.1) is 11.3 Å². The Kier molecular flexibility index (Phi) is 4.57. The summed E-state index contributed by atoms with van der Waals surface area (Å²) < 4.78 is 2.83. The zero-order valence-electron chi connectivity index (χ0n) is 7.73. The Balaban J connectivity index is 0.000000980. The summed E-state index contributed by atoms with van der Waals surface area (Å²) in [6.07, 6.45) is 4.04. The van der Waals surface area contributed by atoms with Crippen molar-refractivity contribution in [1.82, 2.24) is 4.98 Å². The maximum atomic E-state index is 5.02. The molecule has 0 aromatic carbocycles. The Morgan fingerprint density at radius 2 is 2.00 bits per heavy atom. The predicted octanol–water partition coefficient (Wildman–Crippen LogP) is 2.29. The molecule has 2 nitrogen and oxygen atoms in total. The fourth-order valence-electron chi connectivity index (χ4n) is 1.10. The number of aryl methyl sites for hydroxylation is 1. The molecule has 0 amide bonds. The predicted molar refractivity (Wildman–Crippen MR) is 56.1 cm³/mol. The molecular weight excluding hydrogens is 289 g/mol. The molecule has 0 aliphatic rings. The van der Waals surface area contributed by atoms with Crippen LogP contribution in [-0.4, -0.2) is 4.98 Å². The van der Waals surface area contributed by atoms with Crippen molar-refractivity contribution in [2.45, 2.75) is 0 Å². The molecule has 0 aliphatic carbocycles. The summed E-state index contributed by atoms with van der Waals surface area (Å²) in [6.45, 7) is 0. The fraction of sp³-hybridized carbons (Fsp3) is 0.111. The van der Waals surface area contributed by atoms with E-state index in [9.17, 15) is 0 Å². The topological polar surface area (TPSA) is 19.7 Å². The fourth-order valence-corrected chi connectivity index (χ4v) is 1.95. The molecular formula is C9H9N2S2Y+. The van der Waals surface area contributed by atoms with E-state index in [-0.39, 0.29) is 32.7 Å². The molecule has 2 aromatic rings. The molecule has 0 fully saturated rings. The molecule has 1 N–H and O–H groups in total. The van der Waals surface area contributed by atoms with E-state index in [0.29, 0.717) is 0 Å². The van der Waals surface area contributed by atoms with Gasteiger partial charge in [-0.05, 0) is 12.2 Å². The van der Waals surface area contributed by atoms with Gasteiger partial charge in [0.2, 0.25) is 0 Å². The Morgan fingerprint density at radius 1 is 1.36 bits per heavy atom. The normalized spacial score (nSPS) is 9.50. The van der Waals surface area contributed by atoms with Gasteiger partial charge >= 0.3 is 0 Å². The average Bonchev–Trinajstić information content (AvgIpc) is 2.53. The van der Waals surface area contributed by atoms with Crippen LogP contribution in [0.25, 0.3) is 11.3 Å². The molecule has 14 heavy (non-hydrogen) atoms. The number of nitrogens with one attached hydrogen (secondary N) is 1. The second kappa shape index (κ2) is 5.26. The molecule has 69 valence electrons. The van der Waals surface area contributed by atoms with E-state index in [0.717, 1.165) is 9.65 Å². The molecule has 0 bridgehead atoms. The standard InChI is InChI=1S/C9H8N2S2.Y/c1-11-4-2-7(3-5-11)8-6-13-9(12)10-8;/h2-6H,1H3;/p+1. The zero-order chi connectivity index (χ0) is 9.26. The number of hydrogen-bond acceptors (Lipinski definition) is 2. The molecule has 0 saturated heterocycles. The van der Waals surface area contributed by atoms with Crippen molar-refractivity contribution in [2.75, 3.05) is 0 Å². The van der Waals surface area contributed by atoms with Crippen LogP contribution in [0.4, 0.5) is 0 Å². The number of hydrogen-bond donors (Lipinski definition) is 1. The van der Waals surface area contributed by atoms with Crippen LogP contribution in [0.5, 0.6) is 0 Å². The van der Waals surface area contributed by atoms with Crippen molar-refractivity contribution in [3.8, 4) is 11.3 Å². The van der Waals surface area contributed by atoms with Crippen LogP contribution in [-0.2, 0) is 39.8 Å². The second-order valence-electron chi connectivity index (χ2n) is 2.81. The van der Waals surface area contributed by atoms with Crippen LogP contribution < -0.4 is 4.57 Å². The van der Waals surface area contributed by atoms with E-state index in [1.54, 1.807) is 11.3 Å². The number of aromatic nitrogens is 2. The molecule has 0 spiro atoms. The van der Waals surface area contributed by atoms with Gasteiger partial charge in [-0.25, -0.2) is 4.57 Å². The van der Waals surface area contributed by atoms with Crippen molar-refractivity contribution >= 4 is 23.6 Å². The van der Waals surface area contributed by atoms with E-state index >= 15 is 0 Å². The van der Waals surface area contributed by atoms with E-state index in [4.69, 9.17) is 12.2 Å². The zero-order valence-corrected chi connectivity index (χ0v) is 12.2. The molecule has 0 aliphatic heterocycles. The minimum absolute atomic E-state index is 0. The molecule has 0 saturated carbocycles. The van der Waals surface area contributed by atoms with Crippen LogP contribution >= 0.6 is 23.6 Å². The first-order valence-electron chi connectivity index (χ1n) is 3.89. The minimum Gasteiger partial charge on any atom is -0.337 e. The van der Waals surface area contributed by atoms with Crippen LogP contribution in [0.1, 0.15) is 0 Å². The van der Waals surface area contributed by atoms with Gasteiger partial charge in [-0.2, -0.15) is 0 Å². The second-order valence-corrected chi connectivity index (χ2v) is 4.36. The molecule has 2 heterocycles. The Morgan fingerprint density at radius 3 is 2.50 bits per heavy atom. The number of H-pyrrole nitrogens is 1. The summed E-state index contributed by atoms with van der Waals surface area (Å²) in [5.74, 6) is 0. The number of rotatable bonds is 1. The van der Waals surface area contributed by atoms with E-state index in [2.05, 4.69) is 17.1 Å². The summed E-state index contributed by atoms with van der Waals surface area (Å²) in [4.78, 5) is 3.14. The van der Waals surface area contributed by atoms with E-state index < -0.39 is 0 Å². The maximum absolute atomic E-state index is 5.02. The van der Waals surface area contributed by atoms with Crippen molar-refractivity contribution in [3.05, 3.63) is 33.9 Å². The molecule has 0 unspecified atom stereocenters. The summed E-state index contributed by atoms with van der Waals surface area (Å²) in [7, 11) is 2.00. The summed E-state index contributed by atoms with van der Waals surface area (Å²) in [5.41, 5.74) is 2.26. The third-order valence-corrected chi connectivity index (χ3v) is 2.87. The van der Waals surface area contributed by atoms with Crippen LogP contribution in [0, 0.1) is 3.95 Å². The number of pyridine rings is 1. The third kappa shape index (κ3) is 2.80. The SMILES string of the molecule is C[n+]1ccc(-c2csc(=S)[nH]2)cc1.[Y]. The molecule has 2 rings (SSSR count). The first kappa shape index (κ1) is 12.2. The number of aromatic amines is 1. The first-order valence-corrected chi connectivity index (χ1v) is 5.18. The summed E-state index contributed by atoms with van der Waals surface area (Å²) in [6, 6.07) is 4.13. The molecule has 5 heteroatoms.